The monoisotopic (exact) mass is 255 g/mol. The average molecular weight is 256 g/mol. The molecule has 0 spiro atoms. The summed E-state index contributed by atoms with van der Waals surface area (Å²) in [6, 6.07) is 7.75. The van der Waals surface area contributed by atoms with Crippen LogP contribution in [-0.4, -0.2) is 26.2 Å². The molecule has 1 aromatic rings. The van der Waals surface area contributed by atoms with Crippen LogP contribution < -0.4 is 5.32 Å². The quantitative estimate of drug-likeness (QED) is 0.825. The van der Waals surface area contributed by atoms with Crippen LogP contribution in [0.1, 0.15) is 34.7 Å². The maximum absolute atomic E-state index is 11.3. The number of methoxy groups -OCH3 is 1. The second-order valence-electron chi connectivity index (χ2n) is 4.16. The van der Waals surface area contributed by atoms with Gasteiger partial charge >= 0.3 is 5.97 Å². The van der Waals surface area contributed by atoms with E-state index in [1.807, 2.05) is 24.3 Å². The molecule has 1 saturated heterocycles. The van der Waals surface area contributed by atoms with Gasteiger partial charge in [-0.25, -0.2) is 4.79 Å². The fourth-order valence-electron chi connectivity index (χ4n) is 2.15. The van der Waals surface area contributed by atoms with Crippen LogP contribution in [0, 0.1) is 0 Å². The molecule has 1 N–H and O–H groups in total. The Kier molecular flexibility index (Phi) is 5.45. The first-order chi connectivity index (χ1) is 7.81. The molecule has 1 aliphatic rings. The van der Waals surface area contributed by atoms with E-state index in [4.69, 9.17) is 0 Å². The molecule has 2 rings (SSSR count). The molecule has 1 atom stereocenters. The van der Waals surface area contributed by atoms with Crippen molar-refractivity contribution in [1.29, 1.82) is 0 Å². The van der Waals surface area contributed by atoms with Crippen molar-refractivity contribution >= 4 is 18.4 Å². The van der Waals surface area contributed by atoms with E-state index in [0.29, 0.717) is 11.5 Å². The Morgan fingerprint density at radius 3 is 2.59 bits per heavy atom. The van der Waals surface area contributed by atoms with Gasteiger partial charge in [-0.2, -0.15) is 0 Å². The molecule has 17 heavy (non-hydrogen) atoms. The van der Waals surface area contributed by atoms with Crippen molar-refractivity contribution in [2.75, 3.05) is 20.2 Å². The lowest BCUT2D eigenvalue weighted by Gasteiger charge is -2.23. The average Bonchev–Trinajstić information content (AvgIpc) is 2.39. The largest absolute Gasteiger partial charge is 0.465 e. The molecule has 0 bridgehead atoms. The molecule has 0 saturated carbocycles. The Morgan fingerprint density at radius 2 is 2.06 bits per heavy atom. The molecular weight excluding hydrogens is 238 g/mol. The van der Waals surface area contributed by atoms with Crippen molar-refractivity contribution in [1.82, 2.24) is 5.32 Å². The van der Waals surface area contributed by atoms with Crippen molar-refractivity contribution in [2.24, 2.45) is 0 Å². The first-order valence-corrected chi connectivity index (χ1v) is 5.70. The van der Waals surface area contributed by atoms with Crippen molar-refractivity contribution < 1.29 is 9.53 Å². The first-order valence-electron chi connectivity index (χ1n) is 5.70. The van der Waals surface area contributed by atoms with Crippen LogP contribution >= 0.6 is 12.4 Å². The number of benzene rings is 1. The molecule has 1 heterocycles. The van der Waals surface area contributed by atoms with Crippen molar-refractivity contribution in [3.63, 3.8) is 0 Å². The van der Waals surface area contributed by atoms with Gasteiger partial charge in [-0.05, 0) is 43.0 Å². The molecule has 94 valence electrons. The minimum Gasteiger partial charge on any atom is -0.465 e. The molecule has 0 aliphatic carbocycles. The maximum Gasteiger partial charge on any atom is 0.337 e. The number of halogens is 1. The van der Waals surface area contributed by atoms with Crippen molar-refractivity contribution in [3.05, 3.63) is 35.4 Å². The topological polar surface area (TPSA) is 38.3 Å². The number of hydrogen-bond acceptors (Lipinski definition) is 3. The number of carbonyl (C=O) groups is 1. The number of ether oxygens (including phenoxy) is 1. The Morgan fingerprint density at radius 1 is 1.35 bits per heavy atom. The van der Waals surface area contributed by atoms with Gasteiger partial charge in [0.2, 0.25) is 0 Å². The Hall–Kier alpha value is -1.06. The third-order valence-electron chi connectivity index (χ3n) is 3.10. The molecule has 0 radical (unpaired) electrons. The van der Waals surface area contributed by atoms with Gasteiger partial charge in [-0.15, -0.1) is 12.4 Å². The highest BCUT2D eigenvalue weighted by Gasteiger charge is 2.15. The molecule has 0 amide bonds. The lowest BCUT2D eigenvalue weighted by molar-refractivity contribution is 0.0600. The van der Waals surface area contributed by atoms with E-state index in [-0.39, 0.29) is 18.4 Å². The Bertz CT molecular complexity index is 358. The van der Waals surface area contributed by atoms with Gasteiger partial charge in [-0.3, -0.25) is 0 Å². The number of piperidine rings is 1. The maximum atomic E-state index is 11.3. The molecule has 1 aliphatic heterocycles. The van der Waals surface area contributed by atoms with Gasteiger partial charge in [0, 0.05) is 6.54 Å². The van der Waals surface area contributed by atoms with E-state index >= 15 is 0 Å². The minimum atomic E-state index is -0.270. The van der Waals surface area contributed by atoms with Crippen molar-refractivity contribution in [2.45, 2.75) is 18.8 Å². The molecule has 0 unspecified atom stereocenters. The van der Waals surface area contributed by atoms with Crippen LogP contribution in [-0.2, 0) is 4.74 Å². The van der Waals surface area contributed by atoms with Gasteiger partial charge in [-0.1, -0.05) is 12.1 Å². The number of nitrogens with one attached hydrogen (secondary N) is 1. The summed E-state index contributed by atoms with van der Waals surface area (Å²) in [5.41, 5.74) is 1.93. The van der Waals surface area contributed by atoms with Gasteiger partial charge < -0.3 is 10.1 Å². The van der Waals surface area contributed by atoms with Crippen LogP contribution in [0.3, 0.4) is 0 Å². The highest BCUT2D eigenvalue weighted by atomic mass is 35.5. The molecule has 0 aromatic heterocycles. The molecule has 4 heteroatoms. The summed E-state index contributed by atoms with van der Waals surface area (Å²) in [5.74, 6) is 0.314. The van der Waals surface area contributed by atoms with E-state index in [1.54, 1.807) is 0 Å². The second-order valence-corrected chi connectivity index (χ2v) is 4.16. The normalized spacial score (nSPS) is 19.2. The van der Waals surface area contributed by atoms with Gasteiger partial charge in [0.05, 0.1) is 12.7 Å². The summed E-state index contributed by atoms with van der Waals surface area (Å²) in [6.07, 6.45) is 2.45. The summed E-state index contributed by atoms with van der Waals surface area (Å²) >= 11 is 0. The van der Waals surface area contributed by atoms with Crippen LogP contribution in [0.4, 0.5) is 0 Å². The van der Waals surface area contributed by atoms with Gasteiger partial charge in [0.1, 0.15) is 0 Å². The standard InChI is InChI=1S/C13H17NO2.ClH/c1-16-13(15)11-6-4-10(5-7-11)12-3-2-8-14-9-12;/h4-7,12,14H,2-3,8-9H2,1H3;1H/t12-;/m1./s1. The smallest absolute Gasteiger partial charge is 0.337 e. The fraction of sp³-hybridized carbons (Fsp3) is 0.462. The third-order valence-corrected chi connectivity index (χ3v) is 3.10. The number of rotatable bonds is 2. The predicted octanol–water partition coefficient (Wildman–Crippen LogP) is 2.36. The molecule has 3 nitrogen and oxygen atoms in total. The number of carbonyl (C=O) groups excluding carboxylic acids is 1. The Balaban J connectivity index is 0.00000144. The summed E-state index contributed by atoms with van der Waals surface area (Å²) in [5, 5.41) is 3.39. The molecular formula is C13H18ClNO2. The van der Waals surface area contributed by atoms with Crippen LogP contribution in [0.15, 0.2) is 24.3 Å². The van der Waals surface area contributed by atoms with E-state index in [1.165, 1.54) is 25.5 Å². The van der Waals surface area contributed by atoms with E-state index in [0.717, 1.165) is 13.1 Å². The zero-order chi connectivity index (χ0) is 11.4. The molecule has 1 aromatic carbocycles. The van der Waals surface area contributed by atoms with E-state index < -0.39 is 0 Å². The second kappa shape index (κ2) is 6.62. The predicted molar refractivity (Wildman–Crippen MR) is 69.9 cm³/mol. The molecule has 1 fully saturated rings. The summed E-state index contributed by atoms with van der Waals surface area (Å²) in [4.78, 5) is 11.3. The van der Waals surface area contributed by atoms with E-state index in [2.05, 4.69) is 10.1 Å². The summed E-state index contributed by atoms with van der Waals surface area (Å²) in [6.45, 7) is 2.16. The number of esters is 1. The van der Waals surface area contributed by atoms with E-state index in [9.17, 15) is 4.79 Å². The van der Waals surface area contributed by atoms with Crippen LogP contribution in [0.2, 0.25) is 0 Å². The lowest BCUT2D eigenvalue weighted by atomic mass is 9.91. The zero-order valence-corrected chi connectivity index (χ0v) is 10.8. The zero-order valence-electron chi connectivity index (χ0n) is 9.94. The van der Waals surface area contributed by atoms with Crippen LogP contribution in [0.25, 0.3) is 0 Å². The van der Waals surface area contributed by atoms with Gasteiger partial charge in [0.25, 0.3) is 0 Å². The number of hydrogen-bond donors (Lipinski definition) is 1. The SMILES string of the molecule is COC(=O)c1ccc([C@@H]2CCCNC2)cc1.Cl. The fourth-order valence-corrected chi connectivity index (χ4v) is 2.15. The van der Waals surface area contributed by atoms with Crippen molar-refractivity contribution in [3.8, 4) is 0 Å². The van der Waals surface area contributed by atoms with Gasteiger partial charge in [0.15, 0.2) is 0 Å². The minimum absolute atomic E-state index is 0. The lowest BCUT2D eigenvalue weighted by Crippen LogP contribution is -2.28. The van der Waals surface area contributed by atoms with Crippen LogP contribution in [0.5, 0.6) is 0 Å². The third kappa shape index (κ3) is 3.45. The summed E-state index contributed by atoms with van der Waals surface area (Å²) in [7, 11) is 1.40. The highest BCUT2D eigenvalue weighted by molar-refractivity contribution is 5.89. The summed E-state index contributed by atoms with van der Waals surface area (Å²) < 4.78 is 4.67. The first kappa shape index (κ1) is 14.0. The Labute approximate surface area is 108 Å². The highest BCUT2D eigenvalue weighted by Crippen LogP contribution is 2.23.